The molecule has 1 aliphatic carbocycles. The van der Waals surface area contributed by atoms with Gasteiger partial charge in [0.05, 0.1) is 24.9 Å². The second-order valence-corrected chi connectivity index (χ2v) is 15.3. The lowest BCUT2D eigenvalue weighted by Crippen LogP contribution is -2.62. The Morgan fingerprint density at radius 2 is 1.94 bits per heavy atom. The van der Waals surface area contributed by atoms with Gasteiger partial charge in [-0.15, -0.1) is 0 Å². The van der Waals surface area contributed by atoms with Gasteiger partial charge in [-0.25, -0.2) is 19.1 Å². The lowest BCUT2D eigenvalue weighted by atomic mass is 9.72. The highest BCUT2D eigenvalue weighted by Gasteiger charge is 2.47. The van der Waals surface area contributed by atoms with Crippen molar-refractivity contribution in [3.8, 4) is 11.5 Å². The van der Waals surface area contributed by atoms with Crippen molar-refractivity contribution < 1.29 is 32.2 Å². The molecule has 3 saturated heterocycles. The van der Waals surface area contributed by atoms with Crippen LogP contribution in [-0.4, -0.2) is 109 Å². The fourth-order valence-corrected chi connectivity index (χ4v) is 8.14. The number of carbonyl (C=O) groups is 1. The predicted molar refractivity (Wildman–Crippen MR) is 173 cm³/mol. The molecular weight excluding hydrogens is 629 g/mol. The number of carbonyl (C=O) groups excluding carboxylic acids is 1. The second-order valence-electron chi connectivity index (χ2n) is 13.7. The van der Waals surface area contributed by atoms with Crippen molar-refractivity contribution in [2.24, 2.45) is 5.41 Å². The van der Waals surface area contributed by atoms with E-state index in [1.54, 1.807) is 13.1 Å². The fraction of sp³-hybridized carbons (Fsp3) is 0.656. The number of piperidine rings is 1. The van der Waals surface area contributed by atoms with Crippen LogP contribution in [0.2, 0.25) is 0 Å². The summed E-state index contributed by atoms with van der Waals surface area (Å²) < 4.78 is 55.4. The quantitative estimate of drug-likeness (QED) is 0.307. The molecule has 258 valence electrons. The third-order valence-electron chi connectivity index (χ3n) is 9.61. The van der Waals surface area contributed by atoms with E-state index < -0.39 is 21.8 Å². The molecule has 0 bridgehead atoms. The van der Waals surface area contributed by atoms with Gasteiger partial charge < -0.3 is 24.4 Å². The van der Waals surface area contributed by atoms with E-state index in [0.29, 0.717) is 37.5 Å². The molecule has 4 aliphatic rings. The average molecular weight is 676 g/mol. The summed E-state index contributed by atoms with van der Waals surface area (Å²) in [6.45, 7) is 9.59. The summed E-state index contributed by atoms with van der Waals surface area (Å²) in [6, 6.07) is 3.79. The molecule has 13 nitrogen and oxygen atoms in total. The Bertz CT molecular complexity index is 1530. The summed E-state index contributed by atoms with van der Waals surface area (Å²) in [7, 11) is -3.58. The smallest absolute Gasteiger partial charge is 0.277 e. The maximum Gasteiger partial charge on any atom is 0.277 e. The summed E-state index contributed by atoms with van der Waals surface area (Å²) in [6.07, 6.45) is 7.65. The molecule has 2 aromatic rings. The number of β-amino-alcohol motifs (C(OH)–C–C–N with tert-alkyl or cyclic N) is 1. The first-order valence-electron chi connectivity index (χ1n) is 16.6. The van der Waals surface area contributed by atoms with E-state index in [0.717, 1.165) is 51.9 Å². The second kappa shape index (κ2) is 13.5. The average Bonchev–Trinajstić information content (AvgIpc) is 3.84. The molecule has 47 heavy (non-hydrogen) atoms. The number of aromatic nitrogens is 2. The van der Waals surface area contributed by atoms with Crippen LogP contribution < -0.4 is 19.1 Å². The van der Waals surface area contributed by atoms with Crippen molar-refractivity contribution >= 4 is 21.9 Å². The third kappa shape index (κ3) is 7.86. The monoisotopic (exact) mass is 675 g/mol. The Hall–Kier alpha value is -2.95. The Labute approximate surface area is 276 Å². The Morgan fingerprint density at radius 3 is 2.57 bits per heavy atom. The van der Waals surface area contributed by atoms with Crippen LogP contribution in [0.15, 0.2) is 30.7 Å². The van der Waals surface area contributed by atoms with Gasteiger partial charge in [0, 0.05) is 49.6 Å². The van der Waals surface area contributed by atoms with Gasteiger partial charge in [-0.3, -0.25) is 9.69 Å². The van der Waals surface area contributed by atoms with Gasteiger partial charge in [0.2, 0.25) is 0 Å². The molecule has 2 atom stereocenters. The highest BCUT2D eigenvalue weighted by Crippen LogP contribution is 2.45. The summed E-state index contributed by atoms with van der Waals surface area (Å²) in [4.78, 5) is 28.4. The predicted octanol–water partition coefficient (Wildman–Crippen LogP) is 2.63. The molecule has 0 unspecified atom stereocenters. The van der Waals surface area contributed by atoms with Gasteiger partial charge in [0.15, 0.2) is 17.4 Å². The maximum atomic E-state index is 14.4. The largest absolute Gasteiger partial charge is 0.451 e. The van der Waals surface area contributed by atoms with E-state index in [1.165, 1.54) is 24.5 Å². The number of amides is 1. The number of halogens is 1. The fourth-order valence-electron chi connectivity index (χ4n) is 7.05. The molecule has 1 amide bonds. The van der Waals surface area contributed by atoms with Gasteiger partial charge in [-0.2, -0.15) is 13.1 Å². The van der Waals surface area contributed by atoms with Crippen molar-refractivity contribution in [3.05, 3.63) is 42.1 Å². The van der Waals surface area contributed by atoms with Gasteiger partial charge >= 0.3 is 0 Å². The van der Waals surface area contributed by atoms with Gasteiger partial charge in [0.25, 0.3) is 16.1 Å². The van der Waals surface area contributed by atoms with Crippen LogP contribution in [0.25, 0.3) is 0 Å². The summed E-state index contributed by atoms with van der Waals surface area (Å²) in [5, 5.41) is 11.1. The number of rotatable bonds is 12. The topological polar surface area (TPSA) is 149 Å². The van der Waals surface area contributed by atoms with E-state index in [2.05, 4.69) is 29.2 Å². The molecule has 15 heteroatoms. The van der Waals surface area contributed by atoms with Gasteiger partial charge in [-0.05, 0) is 77.2 Å². The van der Waals surface area contributed by atoms with E-state index in [-0.39, 0.29) is 47.4 Å². The van der Waals surface area contributed by atoms with Crippen molar-refractivity contribution in [1.29, 1.82) is 0 Å². The van der Waals surface area contributed by atoms with Crippen LogP contribution in [0.3, 0.4) is 0 Å². The van der Waals surface area contributed by atoms with Gasteiger partial charge in [0.1, 0.15) is 17.9 Å². The number of hydrogen-bond donors (Lipinski definition) is 3. The minimum atomic E-state index is -3.58. The zero-order valence-electron chi connectivity index (χ0n) is 27.3. The minimum Gasteiger partial charge on any atom is -0.451 e. The van der Waals surface area contributed by atoms with Gasteiger partial charge in [-0.1, -0.05) is 6.92 Å². The van der Waals surface area contributed by atoms with Crippen LogP contribution in [0.1, 0.15) is 69.7 Å². The minimum absolute atomic E-state index is 0.0209. The van der Waals surface area contributed by atoms with Crippen molar-refractivity contribution in [2.45, 2.75) is 83.2 Å². The number of hydrogen-bond acceptors (Lipinski definition) is 10. The lowest BCUT2D eigenvalue weighted by Gasteiger charge is -2.55. The van der Waals surface area contributed by atoms with Crippen molar-refractivity contribution in [3.63, 3.8) is 0 Å². The molecule has 1 aromatic carbocycles. The Balaban J connectivity index is 1.04. The summed E-state index contributed by atoms with van der Waals surface area (Å²) in [5.41, 5.74) is 0.283. The molecule has 3 N–H and O–H groups in total. The number of likely N-dealkylation sites (tertiary alicyclic amines) is 1. The third-order valence-corrected chi connectivity index (χ3v) is 10.9. The lowest BCUT2D eigenvalue weighted by molar-refractivity contribution is -0.239. The highest BCUT2D eigenvalue weighted by molar-refractivity contribution is 7.87. The SMILES string of the molecule is CCNS(=O)(=O)N[C@@H]1CC[C@](O)(CN2CCC3(CC2)CN(c2ncncc2Oc2ccc(F)cc2C(=O)N(C(C)C)C2CC2)C3)OC1. The molecule has 4 fully saturated rings. The summed E-state index contributed by atoms with van der Waals surface area (Å²) >= 11 is 0. The first-order valence-corrected chi connectivity index (χ1v) is 18.1. The number of benzene rings is 1. The molecule has 0 radical (unpaired) electrons. The maximum absolute atomic E-state index is 14.4. The van der Waals surface area contributed by atoms with Crippen LogP contribution in [0, 0.1) is 11.2 Å². The normalized spacial score (nSPS) is 24.7. The van der Waals surface area contributed by atoms with Crippen LogP contribution in [0.5, 0.6) is 11.5 Å². The van der Waals surface area contributed by atoms with E-state index >= 15 is 0 Å². The first-order chi connectivity index (χ1) is 22.4. The van der Waals surface area contributed by atoms with Crippen molar-refractivity contribution in [1.82, 2.24) is 29.2 Å². The molecule has 3 aliphatic heterocycles. The number of aliphatic hydroxyl groups is 1. The Morgan fingerprint density at radius 1 is 1.19 bits per heavy atom. The Kier molecular flexibility index (Phi) is 9.76. The van der Waals surface area contributed by atoms with E-state index in [1.807, 2.05) is 18.7 Å². The highest BCUT2D eigenvalue weighted by atomic mass is 32.2. The molecular formula is C32H46FN7O6S. The first kappa shape index (κ1) is 33.9. The standard InChI is InChI=1S/C32H46FN7O6S/c1-4-36-47(43,44)37-24-9-10-32(42,45-17-24)20-38-13-11-31(12-14-38)18-39(19-31)29-28(16-34-21-35-29)46-27-8-5-23(33)15-26(27)30(41)40(22(2)3)25-6-7-25/h5,8,15-16,21-22,24-25,36-37,42H,4,6-7,9-14,17-20H2,1-3H3/t24-,32-/m1/s1. The zero-order valence-corrected chi connectivity index (χ0v) is 28.1. The molecule has 1 aromatic heterocycles. The van der Waals surface area contributed by atoms with E-state index in [4.69, 9.17) is 9.47 Å². The molecule has 1 spiro atoms. The van der Waals surface area contributed by atoms with E-state index in [9.17, 15) is 22.7 Å². The number of anilines is 1. The zero-order chi connectivity index (χ0) is 33.4. The van der Waals surface area contributed by atoms with Crippen molar-refractivity contribution in [2.75, 3.05) is 50.8 Å². The number of ether oxygens (including phenoxy) is 2. The molecule has 6 rings (SSSR count). The number of nitrogens with one attached hydrogen (secondary N) is 2. The van der Waals surface area contributed by atoms with Crippen LogP contribution in [-0.2, 0) is 14.9 Å². The molecule has 1 saturated carbocycles. The summed E-state index contributed by atoms with van der Waals surface area (Å²) in [5.74, 6) is -0.753. The van der Waals surface area contributed by atoms with Crippen LogP contribution in [0.4, 0.5) is 10.2 Å². The molecule has 4 heterocycles. The van der Waals surface area contributed by atoms with Crippen LogP contribution >= 0.6 is 0 Å². The number of nitrogens with zero attached hydrogens (tertiary/aromatic N) is 5.